The summed E-state index contributed by atoms with van der Waals surface area (Å²) in [6.07, 6.45) is 1.75. The van der Waals surface area contributed by atoms with Crippen molar-refractivity contribution in [3.63, 3.8) is 0 Å². The minimum Gasteiger partial charge on any atom is -0.496 e. The maximum atomic E-state index is 13.5. The van der Waals surface area contributed by atoms with Crippen molar-refractivity contribution in [3.8, 4) is 5.75 Å². The van der Waals surface area contributed by atoms with E-state index < -0.39 is 5.97 Å². The third kappa shape index (κ3) is 3.23. The van der Waals surface area contributed by atoms with Crippen LogP contribution in [0.2, 0.25) is 5.02 Å². The van der Waals surface area contributed by atoms with E-state index in [0.29, 0.717) is 27.6 Å². The molecule has 1 aliphatic heterocycles. The quantitative estimate of drug-likeness (QED) is 0.561. The fraction of sp³-hybridized carbons (Fsp3) is 0.0833. The monoisotopic (exact) mass is 419 g/mol. The van der Waals surface area contributed by atoms with Gasteiger partial charge in [0.2, 0.25) is 0 Å². The molecule has 0 spiro atoms. The van der Waals surface area contributed by atoms with Crippen LogP contribution >= 0.6 is 11.6 Å². The molecule has 1 heterocycles. The van der Waals surface area contributed by atoms with Crippen LogP contribution in [0.3, 0.4) is 0 Å². The maximum absolute atomic E-state index is 13.5. The fourth-order valence-electron chi connectivity index (χ4n) is 3.65. The first kappa shape index (κ1) is 19.7. The van der Waals surface area contributed by atoms with Crippen molar-refractivity contribution in [2.75, 3.05) is 12.0 Å². The molecule has 0 fully saturated rings. The summed E-state index contributed by atoms with van der Waals surface area (Å²) in [5.74, 6) is -0.663. The fourth-order valence-corrected chi connectivity index (χ4v) is 3.87. The summed E-state index contributed by atoms with van der Waals surface area (Å²) in [6, 6.07) is 17.3. The molecule has 0 radical (unpaired) electrons. The number of aromatic carboxylic acids is 1. The molecule has 6 heteroatoms. The molecule has 0 aromatic heterocycles. The second kappa shape index (κ2) is 7.69. The first-order valence-electron chi connectivity index (χ1n) is 9.24. The molecule has 1 amide bonds. The zero-order valence-corrected chi connectivity index (χ0v) is 17.1. The number of carbonyl (C=O) groups is 2. The lowest BCUT2D eigenvalue weighted by molar-refractivity contribution is -0.112. The molecule has 0 atom stereocenters. The number of methoxy groups -OCH3 is 1. The highest BCUT2D eigenvalue weighted by Crippen LogP contribution is 2.45. The number of carboxylic acid groups (broad SMARTS) is 1. The molecular weight excluding hydrogens is 402 g/mol. The third-order valence-corrected chi connectivity index (χ3v) is 5.42. The van der Waals surface area contributed by atoms with Crippen LogP contribution in [-0.4, -0.2) is 24.1 Å². The lowest BCUT2D eigenvalue weighted by atomic mass is 9.99. The Bertz CT molecular complexity index is 1200. The highest BCUT2D eigenvalue weighted by Gasteiger charge is 2.35. The molecule has 0 bridgehead atoms. The number of rotatable bonds is 4. The van der Waals surface area contributed by atoms with Crippen LogP contribution in [0.25, 0.3) is 11.6 Å². The van der Waals surface area contributed by atoms with Gasteiger partial charge in [0.05, 0.1) is 29.0 Å². The summed E-state index contributed by atoms with van der Waals surface area (Å²) >= 11 is 6.40. The number of anilines is 2. The van der Waals surface area contributed by atoms with Gasteiger partial charge in [0.1, 0.15) is 5.75 Å². The number of fused-ring (bicyclic) bond motifs is 1. The lowest BCUT2D eigenvalue weighted by Gasteiger charge is -2.17. The zero-order chi connectivity index (χ0) is 21.4. The molecule has 1 N–H and O–H groups in total. The number of carbonyl (C=O) groups excluding carboxylic acids is 1. The van der Waals surface area contributed by atoms with Gasteiger partial charge < -0.3 is 9.84 Å². The maximum Gasteiger partial charge on any atom is 0.335 e. The number of ether oxygens (including phenoxy) is 1. The van der Waals surface area contributed by atoms with Gasteiger partial charge in [-0.3, -0.25) is 9.69 Å². The predicted molar refractivity (Wildman–Crippen MR) is 118 cm³/mol. The Balaban J connectivity index is 1.90. The number of benzene rings is 3. The van der Waals surface area contributed by atoms with E-state index in [1.54, 1.807) is 48.4 Å². The smallest absolute Gasteiger partial charge is 0.335 e. The topological polar surface area (TPSA) is 66.8 Å². The van der Waals surface area contributed by atoms with Gasteiger partial charge in [-0.05, 0) is 61.0 Å². The summed E-state index contributed by atoms with van der Waals surface area (Å²) in [4.78, 5) is 26.3. The zero-order valence-electron chi connectivity index (χ0n) is 16.3. The Kier molecular flexibility index (Phi) is 5.06. The van der Waals surface area contributed by atoms with E-state index in [1.165, 1.54) is 12.1 Å². The van der Waals surface area contributed by atoms with Crippen LogP contribution in [0.5, 0.6) is 5.75 Å². The van der Waals surface area contributed by atoms with Crippen molar-refractivity contribution in [2.24, 2.45) is 0 Å². The van der Waals surface area contributed by atoms with E-state index in [1.807, 2.05) is 25.1 Å². The molecule has 5 nitrogen and oxygen atoms in total. The predicted octanol–water partition coefficient (Wildman–Crippen LogP) is 5.57. The number of aryl methyl sites for hydroxylation is 1. The molecule has 3 aromatic carbocycles. The van der Waals surface area contributed by atoms with Gasteiger partial charge in [0.15, 0.2) is 0 Å². The molecule has 0 saturated heterocycles. The van der Waals surface area contributed by atoms with Crippen LogP contribution in [0.15, 0.2) is 60.7 Å². The minimum atomic E-state index is -1.02. The molecule has 4 rings (SSSR count). The van der Waals surface area contributed by atoms with Gasteiger partial charge in [0.25, 0.3) is 5.91 Å². The average Bonchev–Trinajstić information content (AvgIpc) is 3.02. The van der Waals surface area contributed by atoms with E-state index in [-0.39, 0.29) is 11.5 Å². The summed E-state index contributed by atoms with van der Waals surface area (Å²) in [5.41, 5.74) is 4.37. The van der Waals surface area contributed by atoms with E-state index in [0.717, 1.165) is 16.8 Å². The van der Waals surface area contributed by atoms with Crippen LogP contribution < -0.4 is 9.64 Å². The number of carboxylic acids is 1. The van der Waals surface area contributed by atoms with Crippen LogP contribution in [0.1, 0.15) is 27.0 Å². The van der Waals surface area contributed by atoms with Gasteiger partial charge in [-0.1, -0.05) is 29.8 Å². The van der Waals surface area contributed by atoms with Gasteiger partial charge in [-0.2, -0.15) is 0 Å². The molecule has 0 saturated carbocycles. The first-order chi connectivity index (χ1) is 14.4. The lowest BCUT2D eigenvalue weighted by Crippen LogP contribution is -2.20. The van der Waals surface area contributed by atoms with Crippen molar-refractivity contribution in [1.29, 1.82) is 0 Å². The average molecular weight is 420 g/mol. The highest BCUT2D eigenvalue weighted by molar-refractivity contribution is 6.39. The molecular formula is C24H18ClNO4. The van der Waals surface area contributed by atoms with E-state index >= 15 is 0 Å². The van der Waals surface area contributed by atoms with Crippen molar-refractivity contribution in [3.05, 3.63) is 87.9 Å². The summed E-state index contributed by atoms with van der Waals surface area (Å²) in [6.45, 7) is 1.95. The molecule has 0 unspecified atom stereocenters. The van der Waals surface area contributed by atoms with Gasteiger partial charge in [-0.25, -0.2) is 4.79 Å². The number of halogens is 1. The Morgan fingerprint density at radius 2 is 1.77 bits per heavy atom. The summed E-state index contributed by atoms with van der Waals surface area (Å²) in [5, 5.41) is 9.64. The summed E-state index contributed by atoms with van der Waals surface area (Å²) < 4.78 is 5.43. The van der Waals surface area contributed by atoms with Gasteiger partial charge >= 0.3 is 5.97 Å². The van der Waals surface area contributed by atoms with Crippen molar-refractivity contribution < 1.29 is 19.4 Å². The Morgan fingerprint density at radius 1 is 1.07 bits per heavy atom. The Hall–Kier alpha value is -3.57. The van der Waals surface area contributed by atoms with Crippen LogP contribution in [-0.2, 0) is 4.79 Å². The Labute approximate surface area is 178 Å². The molecule has 3 aromatic rings. The normalized spacial score (nSPS) is 14.2. The molecule has 1 aliphatic rings. The Morgan fingerprint density at radius 3 is 2.43 bits per heavy atom. The first-order valence-corrected chi connectivity index (χ1v) is 9.62. The number of hydrogen-bond acceptors (Lipinski definition) is 3. The van der Waals surface area contributed by atoms with E-state index in [9.17, 15) is 9.59 Å². The SMILES string of the molecule is COc1cccc(Cl)c1/C=C1/C(=O)N(c2ccc(C(=O)O)cc2)c2cccc(C)c21. The number of hydrogen-bond donors (Lipinski definition) is 1. The van der Waals surface area contributed by atoms with Crippen LogP contribution in [0, 0.1) is 6.92 Å². The van der Waals surface area contributed by atoms with Crippen molar-refractivity contribution in [1.82, 2.24) is 0 Å². The number of nitrogens with zero attached hydrogens (tertiary/aromatic N) is 1. The van der Waals surface area contributed by atoms with Gasteiger partial charge in [-0.15, -0.1) is 0 Å². The second-order valence-corrected chi connectivity index (χ2v) is 7.28. The van der Waals surface area contributed by atoms with Gasteiger partial charge in [0, 0.05) is 16.8 Å². The standard InChI is InChI=1S/C24H18ClNO4/c1-14-5-3-7-20-22(14)18(13-17-19(25)6-4-8-21(17)30-2)23(27)26(20)16-11-9-15(10-12-16)24(28)29/h3-13H,1-2H3,(H,28,29)/b18-13+. The number of amides is 1. The van der Waals surface area contributed by atoms with Crippen molar-refractivity contribution >= 4 is 46.5 Å². The largest absolute Gasteiger partial charge is 0.496 e. The molecule has 0 aliphatic carbocycles. The van der Waals surface area contributed by atoms with E-state index in [2.05, 4.69) is 0 Å². The second-order valence-electron chi connectivity index (χ2n) is 6.88. The van der Waals surface area contributed by atoms with Crippen LogP contribution in [0.4, 0.5) is 11.4 Å². The minimum absolute atomic E-state index is 0.159. The molecule has 150 valence electrons. The van der Waals surface area contributed by atoms with Crippen molar-refractivity contribution in [2.45, 2.75) is 6.92 Å². The molecule has 30 heavy (non-hydrogen) atoms. The summed E-state index contributed by atoms with van der Waals surface area (Å²) in [7, 11) is 1.56. The third-order valence-electron chi connectivity index (χ3n) is 5.09. The highest BCUT2D eigenvalue weighted by atomic mass is 35.5. The van der Waals surface area contributed by atoms with E-state index in [4.69, 9.17) is 21.4 Å².